The van der Waals surface area contributed by atoms with Gasteiger partial charge in [-0.05, 0) is 50.0 Å². The topological polar surface area (TPSA) is 59.0 Å². The van der Waals surface area contributed by atoms with Gasteiger partial charge in [0.15, 0.2) is 23.4 Å². The molecule has 1 N–H and O–H groups in total. The molecule has 2 aromatic rings. The third-order valence-electron chi connectivity index (χ3n) is 7.75. The van der Waals surface area contributed by atoms with E-state index in [2.05, 4.69) is 18.0 Å². The van der Waals surface area contributed by atoms with Crippen LogP contribution in [0, 0.1) is 0 Å². The van der Waals surface area contributed by atoms with E-state index in [0.29, 0.717) is 30.9 Å². The van der Waals surface area contributed by atoms with E-state index in [1.807, 2.05) is 36.4 Å². The molecule has 0 aromatic heterocycles. The summed E-state index contributed by atoms with van der Waals surface area (Å²) in [5.41, 5.74) is 1.72. The van der Waals surface area contributed by atoms with Gasteiger partial charge in [0.25, 0.3) is 0 Å². The van der Waals surface area contributed by atoms with Crippen molar-refractivity contribution in [1.29, 1.82) is 0 Å². The summed E-state index contributed by atoms with van der Waals surface area (Å²) in [6.07, 6.45) is 1.79. The van der Waals surface area contributed by atoms with E-state index < -0.39 is 17.1 Å². The SMILES string of the molecule is CN1CC[C@]23c4c5ccc(OCc6ccccc6)c4O[C@H]2C(=O)CC[C@@]3(O)[C@H]1C5. The third-order valence-corrected chi connectivity index (χ3v) is 7.75. The molecule has 1 saturated heterocycles. The zero-order chi connectivity index (χ0) is 19.8. The number of benzene rings is 2. The Hall–Kier alpha value is -2.37. The Morgan fingerprint density at radius 3 is 2.86 bits per heavy atom. The Bertz CT molecular complexity index is 1010. The van der Waals surface area contributed by atoms with Crippen molar-refractivity contribution < 1.29 is 19.4 Å². The van der Waals surface area contributed by atoms with Crippen molar-refractivity contribution in [2.75, 3.05) is 13.6 Å². The highest BCUT2D eigenvalue weighted by Crippen LogP contribution is 2.64. The molecule has 2 aliphatic carbocycles. The minimum absolute atomic E-state index is 0.0185. The second-order valence-corrected chi connectivity index (χ2v) is 9.01. The molecule has 2 aromatic carbocycles. The van der Waals surface area contributed by atoms with E-state index in [9.17, 15) is 9.90 Å². The van der Waals surface area contributed by atoms with Gasteiger partial charge in [0, 0.05) is 18.0 Å². The Morgan fingerprint density at radius 2 is 2.03 bits per heavy atom. The molecule has 0 amide bonds. The van der Waals surface area contributed by atoms with Gasteiger partial charge in [-0.1, -0.05) is 36.4 Å². The van der Waals surface area contributed by atoms with Crippen LogP contribution in [0.2, 0.25) is 0 Å². The molecule has 150 valence electrons. The second-order valence-electron chi connectivity index (χ2n) is 9.01. The Kier molecular flexibility index (Phi) is 3.52. The number of likely N-dealkylation sites (tertiary alicyclic amines) is 1. The fourth-order valence-corrected chi connectivity index (χ4v) is 6.37. The summed E-state index contributed by atoms with van der Waals surface area (Å²) in [7, 11) is 2.08. The molecule has 4 aliphatic rings. The van der Waals surface area contributed by atoms with Gasteiger partial charge in [-0.2, -0.15) is 0 Å². The minimum atomic E-state index is -0.936. The number of piperidine rings is 1. The molecule has 1 saturated carbocycles. The van der Waals surface area contributed by atoms with Crippen LogP contribution in [0.25, 0.3) is 0 Å². The molecular weight excluding hydrogens is 366 g/mol. The number of rotatable bonds is 3. The number of aliphatic hydroxyl groups is 1. The predicted molar refractivity (Wildman–Crippen MR) is 107 cm³/mol. The van der Waals surface area contributed by atoms with Gasteiger partial charge in [-0.25, -0.2) is 0 Å². The number of hydrogen-bond acceptors (Lipinski definition) is 5. The van der Waals surface area contributed by atoms with Crippen molar-refractivity contribution in [3.63, 3.8) is 0 Å². The van der Waals surface area contributed by atoms with E-state index in [0.717, 1.165) is 30.5 Å². The van der Waals surface area contributed by atoms with Crippen LogP contribution in [-0.2, 0) is 23.2 Å². The van der Waals surface area contributed by atoms with E-state index >= 15 is 0 Å². The Balaban J connectivity index is 1.48. The number of hydrogen-bond donors (Lipinski definition) is 1. The molecule has 2 bridgehead atoms. The maximum atomic E-state index is 12.9. The number of carbonyl (C=O) groups is 1. The van der Waals surface area contributed by atoms with Gasteiger partial charge in [-0.15, -0.1) is 0 Å². The van der Waals surface area contributed by atoms with Gasteiger partial charge in [-0.3, -0.25) is 4.79 Å². The first kappa shape index (κ1) is 17.5. The highest BCUT2D eigenvalue weighted by molar-refractivity contribution is 5.90. The summed E-state index contributed by atoms with van der Waals surface area (Å²) in [6, 6.07) is 14.1. The average Bonchev–Trinajstić information content (AvgIpc) is 3.09. The highest BCUT2D eigenvalue weighted by atomic mass is 16.5. The lowest BCUT2D eigenvalue weighted by Crippen LogP contribution is -2.76. The highest BCUT2D eigenvalue weighted by Gasteiger charge is 2.72. The molecule has 5 nitrogen and oxygen atoms in total. The van der Waals surface area contributed by atoms with Crippen molar-refractivity contribution in [1.82, 2.24) is 4.90 Å². The van der Waals surface area contributed by atoms with Crippen molar-refractivity contribution in [2.45, 2.75) is 55.5 Å². The first-order chi connectivity index (χ1) is 14.0. The number of nitrogens with zero attached hydrogens (tertiary/aromatic N) is 1. The smallest absolute Gasteiger partial charge is 0.174 e. The normalized spacial score (nSPS) is 34.5. The second kappa shape index (κ2) is 5.83. The number of ether oxygens (including phenoxy) is 2. The first-order valence-corrected chi connectivity index (χ1v) is 10.5. The summed E-state index contributed by atoms with van der Waals surface area (Å²) in [5, 5.41) is 12.0. The van der Waals surface area contributed by atoms with Crippen LogP contribution in [0.15, 0.2) is 42.5 Å². The fourth-order valence-electron chi connectivity index (χ4n) is 6.37. The Morgan fingerprint density at radius 1 is 1.21 bits per heavy atom. The van der Waals surface area contributed by atoms with Crippen LogP contribution < -0.4 is 9.47 Å². The third kappa shape index (κ3) is 2.10. The largest absolute Gasteiger partial charge is 0.485 e. The van der Waals surface area contributed by atoms with Crippen molar-refractivity contribution in [2.24, 2.45) is 0 Å². The lowest BCUT2D eigenvalue weighted by Gasteiger charge is -2.62. The zero-order valence-electron chi connectivity index (χ0n) is 16.6. The zero-order valence-corrected chi connectivity index (χ0v) is 16.6. The summed E-state index contributed by atoms with van der Waals surface area (Å²) in [4.78, 5) is 15.2. The summed E-state index contributed by atoms with van der Waals surface area (Å²) >= 11 is 0. The van der Waals surface area contributed by atoms with Crippen molar-refractivity contribution in [3.8, 4) is 11.5 Å². The summed E-state index contributed by atoms with van der Waals surface area (Å²) in [6.45, 7) is 1.30. The fraction of sp³-hybridized carbons (Fsp3) is 0.458. The van der Waals surface area contributed by atoms with Gasteiger partial charge >= 0.3 is 0 Å². The predicted octanol–water partition coefficient (Wildman–Crippen LogP) is 2.62. The van der Waals surface area contributed by atoms with Crippen LogP contribution in [-0.4, -0.2) is 47.1 Å². The molecule has 5 heteroatoms. The lowest BCUT2D eigenvalue weighted by molar-refractivity contribution is -0.185. The standard InChI is InChI=1S/C24H25NO4/c1-25-12-11-23-20-16-7-8-18(28-14-15-5-3-2-4-6-15)21(20)29-22(23)17(26)9-10-24(23,27)19(25)13-16/h2-8,19,22,27H,9-14H2,1H3/t19-,22+,23+,24-/m1/s1. The summed E-state index contributed by atoms with van der Waals surface area (Å²) in [5.74, 6) is 1.46. The lowest BCUT2D eigenvalue weighted by atomic mass is 9.49. The van der Waals surface area contributed by atoms with Gasteiger partial charge in [0.1, 0.15) is 6.61 Å². The molecule has 2 heterocycles. The van der Waals surface area contributed by atoms with E-state index in [1.54, 1.807) is 0 Å². The average molecular weight is 391 g/mol. The number of ketones is 1. The molecule has 2 fully saturated rings. The molecule has 0 radical (unpaired) electrons. The van der Waals surface area contributed by atoms with Crippen LogP contribution in [0.5, 0.6) is 11.5 Å². The molecule has 2 aliphatic heterocycles. The molecule has 1 spiro atoms. The van der Waals surface area contributed by atoms with E-state index in [4.69, 9.17) is 9.47 Å². The molecular formula is C24H25NO4. The minimum Gasteiger partial charge on any atom is -0.485 e. The van der Waals surface area contributed by atoms with Crippen molar-refractivity contribution in [3.05, 3.63) is 59.2 Å². The molecule has 0 unspecified atom stereocenters. The van der Waals surface area contributed by atoms with Crippen LogP contribution in [0.1, 0.15) is 36.0 Å². The first-order valence-electron chi connectivity index (χ1n) is 10.5. The van der Waals surface area contributed by atoms with Crippen LogP contribution in [0.3, 0.4) is 0 Å². The monoisotopic (exact) mass is 391 g/mol. The summed E-state index contributed by atoms with van der Waals surface area (Å²) < 4.78 is 12.5. The maximum absolute atomic E-state index is 12.9. The maximum Gasteiger partial charge on any atom is 0.174 e. The van der Waals surface area contributed by atoms with Gasteiger partial charge in [0.05, 0.1) is 11.0 Å². The number of carbonyl (C=O) groups excluding carboxylic acids is 1. The molecule has 29 heavy (non-hydrogen) atoms. The Labute approximate surface area is 170 Å². The van der Waals surface area contributed by atoms with E-state index in [1.165, 1.54) is 5.56 Å². The number of Topliss-reactive ketones (excluding diaryl/α,β-unsaturated/α-hetero) is 1. The van der Waals surface area contributed by atoms with E-state index in [-0.39, 0.29) is 11.8 Å². The van der Waals surface area contributed by atoms with Gasteiger partial charge in [0.2, 0.25) is 0 Å². The number of likely N-dealkylation sites (N-methyl/N-ethyl adjacent to an activating group) is 1. The van der Waals surface area contributed by atoms with Crippen LogP contribution >= 0.6 is 0 Å². The van der Waals surface area contributed by atoms with Crippen molar-refractivity contribution >= 4 is 5.78 Å². The van der Waals surface area contributed by atoms with Crippen LogP contribution in [0.4, 0.5) is 0 Å². The quantitative estimate of drug-likeness (QED) is 0.872. The molecule has 4 atom stereocenters. The van der Waals surface area contributed by atoms with Gasteiger partial charge < -0.3 is 19.5 Å². The molecule has 6 rings (SSSR count).